The number of anilines is 2. The van der Waals surface area contributed by atoms with Gasteiger partial charge >= 0.3 is 0 Å². The molecular weight excluding hydrogens is 364 g/mol. The van der Waals surface area contributed by atoms with Crippen molar-refractivity contribution >= 4 is 40.9 Å². The molecule has 2 aliphatic rings. The van der Waals surface area contributed by atoms with E-state index < -0.39 is 16.0 Å². The Morgan fingerprint density at radius 2 is 1.78 bits per heavy atom. The standard InChI is InChI=1S/C20H18N2O4S/c1-12-18(24)22(14-8-10-15(26-3)11-9-14)20(27-12)16-6-4-5-7-17(16)21(13(2)23)19(20)25/h4-12H,1-3H3/t12-,20-/m0/s1. The fraction of sp³-hybridized carbons (Fsp3) is 0.250. The van der Waals surface area contributed by atoms with Crippen LogP contribution in [0.25, 0.3) is 0 Å². The molecule has 3 amide bonds. The Kier molecular flexibility index (Phi) is 3.99. The fourth-order valence-electron chi connectivity index (χ4n) is 3.71. The van der Waals surface area contributed by atoms with Crippen molar-refractivity contribution in [3.8, 4) is 5.75 Å². The summed E-state index contributed by atoms with van der Waals surface area (Å²) in [6.07, 6.45) is 0. The van der Waals surface area contributed by atoms with Gasteiger partial charge in [-0.25, -0.2) is 4.90 Å². The van der Waals surface area contributed by atoms with Crippen molar-refractivity contribution in [1.82, 2.24) is 0 Å². The van der Waals surface area contributed by atoms with Gasteiger partial charge in [0.15, 0.2) is 0 Å². The second-order valence-corrected chi connectivity index (χ2v) is 7.99. The van der Waals surface area contributed by atoms with Crippen LogP contribution in [-0.4, -0.2) is 30.1 Å². The van der Waals surface area contributed by atoms with Crippen molar-refractivity contribution in [2.75, 3.05) is 16.9 Å². The summed E-state index contributed by atoms with van der Waals surface area (Å²) in [5.74, 6) is -0.288. The summed E-state index contributed by atoms with van der Waals surface area (Å²) in [7, 11) is 1.57. The molecule has 0 saturated carbocycles. The highest BCUT2D eigenvalue weighted by Crippen LogP contribution is 2.57. The second kappa shape index (κ2) is 6.13. The van der Waals surface area contributed by atoms with Gasteiger partial charge in [0, 0.05) is 18.2 Å². The Balaban J connectivity index is 1.95. The Hall–Kier alpha value is -2.80. The SMILES string of the molecule is COc1ccc(N2C(=O)[C@H](C)S[C@@]23C(=O)N(C(C)=O)c2ccccc23)cc1. The Morgan fingerprint density at radius 1 is 1.11 bits per heavy atom. The molecule has 2 aromatic rings. The lowest BCUT2D eigenvalue weighted by Gasteiger charge is -2.32. The topological polar surface area (TPSA) is 66.9 Å². The van der Waals surface area contributed by atoms with Gasteiger partial charge in [-0.1, -0.05) is 18.2 Å². The first-order valence-corrected chi connectivity index (χ1v) is 9.40. The molecule has 0 bridgehead atoms. The van der Waals surface area contributed by atoms with Crippen LogP contribution in [0.3, 0.4) is 0 Å². The van der Waals surface area contributed by atoms with E-state index >= 15 is 0 Å². The Morgan fingerprint density at radius 3 is 2.41 bits per heavy atom. The minimum atomic E-state index is -1.28. The predicted molar refractivity (Wildman–Crippen MR) is 104 cm³/mol. The molecule has 2 atom stereocenters. The summed E-state index contributed by atoms with van der Waals surface area (Å²) in [6, 6.07) is 14.2. The summed E-state index contributed by atoms with van der Waals surface area (Å²) in [5, 5.41) is -0.420. The van der Waals surface area contributed by atoms with Crippen LogP contribution in [0.4, 0.5) is 11.4 Å². The van der Waals surface area contributed by atoms with Crippen LogP contribution in [0, 0.1) is 0 Å². The maximum atomic E-state index is 13.5. The smallest absolute Gasteiger partial charge is 0.275 e. The van der Waals surface area contributed by atoms with Crippen LogP contribution in [-0.2, 0) is 19.3 Å². The zero-order chi connectivity index (χ0) is 19.3. The number of rotatable bonds is 2. The predicted octanol–water partition coefficient (Wildman–Crippen LogP) is 2.91. The lowest BCUT2D eigenvalue weighted by molar-refractivity contribution is -0.128. The van der Waals surface area contributed by atoms with Gasteiger partial charge in [0.25, 0.3) is 5.91 Å². The second-order valence-electron chi connectivity index (χ2n) is 6.45. The Bertz CT molecular complexity index is 959. The molecule has 138 valence electrons. The number of para-hydroxylation sites is 1. The average Bonchev–Trinajstić information content (AvgIpc) is 3.07. The van der Waals surface area contributed by atoms with Gasteiger partial charge < -0.3 is 4.74 Å². The molecule has 0 unspecified atom stereocenters. The lowest BCUT2D eigenvalue weighted by atomic mass is 10.0. The number of carbonyl (C=O) groups is 3. The van der Waals surface area contributed by atoms with E-state index in [-0.39, 0.29) is 11.8 Å². The van der Waals surface area contributed by atoms with Crippen LogP contribution >= 0.6 is 11.8 Å². The number of methoxy groups -OCH3 is 1. The van der Waals surface area contributed by atoms with E-state index in [1.807, 2.05) is 12.1 Å². The molecule has 2 aromatic carbocycles. The first kappa shape index (κ1) is 17.6. The number of nitrogens with zero attached hydrogens (tertiary/aromatic N) is 2. The van der Waals surface area contributed by atoms with Gasteiger partial charge in [-0.3, -0.25) is 19.3 Å². The molecule has 2 aliphatic heterocycles. The monoisotopic (exact) mass is 382 g/mol. The van der Waals surface area contributed by atoms with Gasteiger partial charge in [0.05, 0.1) is 18.0 Å². The van der Waals surface area contributed by atoms with Crippen LogP contribution in [0.2, 0.25) is 0 Å². The number of fused-ring (bicyclic) bond motifs is 2. The third-order valence-electron chi connectivity index (χ3n) is 4.88. The highest BCUT2D eigenvalue weighted by molar-refractivity contribution is 8.03. The minimum absolute atomic E-state index is 0.168. The number of hydrogen-bond donors (Lipinski definition) is 0. The summed E-state index contributed by atoms with van der Waals surface area (Å²) in [4.78, 5) is 40.2. The normalized spacial score (nSPS) is 23.9. The summed E-state index contributed by atoms with van der Waals surface area (Å²) < 4.78 is 5.19. The molecule has 4 rings (SSSR count). The Labute approximate surface area is 161 Å². The minimum Gasteiger partial charge on any atom is -0.497 e. The van der Waals surface area contributed by atoms with Crippen LogP contribution in [0.5, 0.6) is 5.75 Å². The molecule has 2 heterocycles. The summed E-state index contributed by atoms with van der Waals surface area (Å²) in [5.41, 5.74) is 1.78. The van der Waals surface area contributed by atoms with Crippen LogP contribution < -0.4 is 14.5 Å². The van der Waals surface area contributed by atoms with Crippen LogP contribution in [0.1, 0.15) is 19.4 Å². The lowest BCUT2D eigenvalue weighted by Crippen LogP contribution is -2.50. The molecular formula is C20H18N2O4S. The third kappa shape index (κ3) is 2.31. The van der Waals surface area contributed by atoms with Gasteiger partial charge in [-0.15, -0.1) is 11.8 Å². The van der Waals surface area contributed by atoms with Crippen molar-refractivity contribution in [3.05, 3.63) is 54.1 Å². The number of imide groups is 1. The molecule has 1 spiro atoms. The molecule has 0 aliphatic carbocycles. The van der Waals surface area contributed by atoms with Gasteiger partial charge in [0.2, 0.25) is 16.7 Å². The molecule has 0 radical (unpaired) electrons. The van der Waals surface area contributed by atoms with Gasteiger partial charge in [-0.05, 0) is 37.3 Å². The number of thioether (sulfide) groups is 1. The molecule has 1 fully saturated rings. The molecule has 0 N–H and O–H groups in total. The zero-order valence-electron chi connectivity index (χ0n) is 15.1. The average molecular weight is 382 g/mol. The van der Waals surface area contributed by atoms with E-state index in [1.165, 1.54) is 28.5 Å². The first-order chi connectivity index (χ1) is 12.9. The van der Waals surface area contributed by atoms with Crippen molar-refractivity contribution in [3.63, 3.8) is 0 Å². The fourth-order valence-corrected chi connectivity index (χ4v) is 5.22. The molecule has 0 aromatic heterocycles. The van der Waals surface area contributed by atoms with Crippen molar-refractivity contribution < 1.29 is 19.1 Å². The molecule has 7 heteroatoms. The number of benzene rings is 2. The molecule has 27 heavy (non-hydrogen) atoms. The van der Waals surface area contributed by atoms with Gasteiger partial charge in [-0.2, -0.15) is 0 Å². The number of amides is 3. The maximum absolute atomic E-state index is 13.5. The molecule has 6 nitrogen and oxygen atoms in total. The number of ether oxygens (including phenoxy) is 1. The summed E-state index contributed by atoms with van der Waals surface area (Å²) >= 11 is 1.27. The zero-order valence-corrected chi connectivity index (χ0v) is 15.9. The summed E-state index contributed by atoms with van der Waals surface area (Å²) in [6.45, 7) is 3.14. The van der Waals surface area contributed by atoms with Crippen molar-refractivity contribution in [2.45, 2.75) is 24.0 Å². The quantitative estimate of drug-likeness (QED) is 0.799. The third-order valence-corrected chi connectivity index (χ3v) is 6.35. The van der Waals surface area contributed by atoms with Gasteiger partial charge in [0.1, 0.15) is 5.75 Å². The number of hydrogen-bond acceptors (Lipinski definition) is 5. The van der Waals surface area contributed by atoms with E-state index in [1.54, 1.807) is 50.4 Å². The largest absolute Gasteiger partial charge is 0.497 e. The van der Waals surface area contributed by atoms with Crippen molar-refractivity contribution in [1.29, 1.82) is 0 Å². The van der Waals surface area contributed by atoms with E-state index in [0.29, 0.717) is 22.7 Å². The van der Waals surface area contributed by atoms with Crippen LogP contribution in [0.15, 0.2) is 48.5 Å². The molecule has 1 saturated heterocycles. The van der Waals surface area contributed by atoms with E-state index in [0.717, 1.165) is 0 Å². The highest BCUT2D eigenvalue weighted by Gasteiger charge is 2.63. The highest BCUT2D eigenvalue weighted by atomic mass is 32.2. The van der Waals surface area contributed by atoms with E-state index in [4.69, 9.17) is 4.74 Å². The van der Waals surface area contributed by atoms with E-state index in [2.05, 4.69) is 0 Å². The maximum Gasteiger partial charge on any atom is 0.275 e. The van der Waals surface area contributed by atoms with Crippen molar-refractivity contribution in [2.24, 2.45) is 0 Å². The van der Waals surface area contributed by atoms with E-state index in [9.17, 15) is 14.4 Å². The first-order valence-electron chi connectivity index (χ1n) is 8.52. The number of carbonyl (C=O) groups excluding carboxylic acids is 3.